The van der Waals surface area contributed by atoms with E-state index in [1.54, 1.807) is 9.80 Å². The highest BCUT2D eigenvalue weighted by Gasteiger charge is 2.42. The number of hydrogen-bond donors (Lipinski definition) is 3. The zero-order valence-corrected chi connectivity index (χ0v) is 25.3. The Kier molecular flexibility index (Phi) is 8.81. The summed E-state index contributed by atoms with van der Waals surface area (Å²) in [6, 6.07) is 1.31. The predicted octanol–water partition coefficient (Wildman–Crippen LogP) is 4.49. The molecule has 2 aromatic carbocycles. The first kappa shape index (κ1) is 32.6. The van der Waals surface area contributed by atoms with Gasteiger partial charge in [0.2, 0.25) is 0 Å². The van der Waals surface area contributed by atoms with Gasteiger partial charge in [0.15, 0.2) is 0 Å². The summed E-state index contributed by atoms with van der Waals surface area (Å²) in [5, 5.41) is 30.3. The first-order chi connectivity index (χ1) is 20.7. The largest absolute Gasteiger partial charge is 0.417 e. The molecular weight excluding hydrogens is 631 g/mol. The maximum atomic E-state index is 15.3. The number of alkyl halides is 3. The van der Waals surface area contributed by atoms with Gasteiger partial charge in [0.1, 0.15) is 23.7 Å². The summed E-state index contributed by atoms with van der Waals surface area (Å²) in [5.74, 6) is -2.63. The molecular formula is C29H30ClF5N4O4S. The van der Waals surface area contributed by atoms with E-state index >= 15 is 4.39 Å². The number of halogens is 6. The lowest BCUT2D eigenvalue weighted by atomic mass is 9.92. The van der Waals surface area contributed by atoms with Crippen LogP contribution in [0.15, 0.2) is 40.5 Å². The van der Waals surface area contributed by atoms with E-state index in [4.69, 9.17) is 11.6 Å². The highest BCUT2D eigenvalue weighted by atomic mass is 35.5. The van der Waals surface area contributed by atoms with Gasteiger partial charge in [-0.15, -0.1) is 11.8 Å². The summed E-state index contributed by atoms with van der Waals surface area (Å²) in [5.41, 5.74) is -4.71. The molecule has 2 aliphatic rings. The van der Waals surface area contributed by atoms with Gasteiger partial charge in [0.05, 0.1) is 29.3 Å². The zero-order chi connectivity index (χ0) is 32.3. The van der Waals surface area contributed by atoms with Crippen LogP contribution in [0, 0.1) is 17.0 Å². The van der Waals surface area contributed by atoms with E-state index in [9.17, 15) is 37.7 Å². The molecule has 3 N–H and O–H groups in total. The van der Waals surface area contributed by atoms with Crippen molar-refractivity contribution in [1.82, 2.24) is 14.5 Å². The Morgan fingerprint density at radius 3 is 2.36 bits per heavy atom. The maximum Gasteiger partial charge on any atom is 0.417 e. The normalized spacial score (nSPS) is 21.4. The van der Waals surface area contributed by atoms with Crippen molar-refractivity contribution < 1.29 is 37.3 Å². The number of anilines is 1. The maximum absolute atomic E-state index is 15.3. The topological polar surface area (TPSA) is 102 Å². The van der Waals surface area contributed by atoms with Crippen LogP contribution in [-0.4, -0.2) is 80.1 Å². The molecule has 2 aliphatic heterocycles. The van der Waals surface area contributed by atoms with E-state index in [-0.39, 0.29) is 59.1 Å². The number of piperazine rings is 1. The number of nitrogens with zero attached hydrogens (tertiary/aromatic N) is 4. The Bertz CT molecular complexity index is 1670. The van der Waals surface area contributed by atoms with Crippen LogP contribution in [0.1, 0.15) is 19.4 Å². The number of benzene rings is 2. The second-order valence-corrected chi connectivity index (χ2v) is 12.8. The summed E-state index contributed by atoms with van der Waals surface area (Å²) >= 11 is 6.73. The lowest BCUT2D eigenvalue weighted by Crippen LogP contribution is -2.60. The van der Waals surface area contributed by atoms with Gasteiger partial charge in [-0.05, 0) is 32.1 Å². The van der Waals surface area contributed by atoms with Gasteiger partial charge in [0, 0.05) is 70.4 Å². The molecule has 3 heterocycles. The number of aromatic nitrogens is 2. The summed E-state index contributed by atoms with van der Waals surface area (Å²) in [7, 11) is 0. The SMILES string of the molecule is C=CC(O)N1[C@H](C)CN(c2nc(=O)n3c4c(c(-c5cc(Cl)c(F)cc5F)c(C(F)(F)F)cc24)SCC(CO)(CO)C3)C[C@@H]1C. The van der Waals surface area contributed by atoms with E-state index in [1.807, 2.05) is 13.8 Å². The van der Waals surface area contributed by atoms with Crippen molar-refractivity contribution >= 4 is 40.1 Å². The van der Waals surface area contributed by atoms with E-state index in [0.29, 0.717) is 6.07 Å². The Balaban J connectivity index is 1.87. The van der Waals surface area contributed by atoms with E-state index in [2.05, 4.69) is 11.6 Å². The molecule has 3 aromatic rings. The van der Waals surface area contributed by atoms with Crippen LogP contribution >= 0.6 is 23.4 Å². The molecule has 0 saturated carbocycles. The molecule has 0 aliphatic carbocycles. The lowest BCUT2D eigenvalue weighted by Gasteiger charge is -2.46. The second kappa shape index (κ2) is 11.9. The molecule has 5 rings (SSSR count). The fraction of sp³-hybridized carbons (Fsp3) is 0.448. The molecule has 3 atom stereocenters. The standard InChI is InChI=1S/C29H30ClF5N4O4S/c1-4-22(42)39-14(2)8-37(9-15(39)3)26-17-5-18(29(33,34)35)23(16-6-19(30)21(32)7-20(16)31)25-24(17)38(27(43)36-26)10-28(11-40,12-41)13-44-25/h4-7,14-15,22,40-42H,1,8-13H2,2-3H3/t14-,15+,22?. The molecule has 44 heavy (non-hydrogen) atoms. The molecule has 0 bridgehead atoms. The molecule has 0 radical (unpaired) electrons. The van der Waals surface area contributed by atoms with Crippen molar-refractivity contribution in [1.29, 1.82) is 0 Å². The van der Waals surface area contributed by atoms with Gasteiger partial charge >= 0.3 is 11.9 Å². The van der Waals surface area contributed by atoms with Crippen LogP contribution in [0.3, 0.4) is 0 Å². The summed E-state index contributed by atoms with van der Waals surface area (Å²) in [6.45, 7) is 6.11. The first-order valence-electron chi connectivity index (χ1n) is 13.7. The fourth-order valence-electron chi connectivity index (χ4n) is 6.13. The fourth-order valence-corrected chi connectivity index (χ4v) is 7.73. The van der Waals surface area contributed by atoms with Crippen molar-refractivity contribution in [3.8, 4) is 11.1 Å². The molecule has 1 fully saturated rings. The molecule has 1 saturated heterocycles. The zero-order valence-electron chi connectivity index (χ0n) is 23.7. The molecule has 8 nitrogen and oxygen atoms in total. The predicted molar refractivity (Wildman–Crippen MR) is 158 cm³/mol. The number of aliphatic hydroxyl groups is 3. The van der Waals surface area contributed by atoms with Gasteiger partial charge in [0.25, 0.3) is 0 Å². The van der Waals surface area contributed by atoms with Crippen molar-refractivity contribution in [2.24, 2.45) is 5.41 Å². The molecule has 1 unspecified atom stereocenters. The van der Waals surface area contributed by atoms with Crippen molar-refractivity contribution in [2.75, 3.05) is 37.0 Å². The lowest BCUT2D eigenvalue weighted by molar-refractivity contribution is -0.137. The summed E-state index contributed by atoms with van der Waals surface area (Å²) in [4.78, 5) is 21.2. The number of thioether (sulfide) groups is 1. The number of aliphatic hydroxyl groups excluding tert-OH is 3. The number of rotatable bonds is 6. The Morgan fingerprint density at radius 2 is 1.80 bits per heavy atom. The minimum absolute atomic E-state index is 0.00508. The summed E-state index contributed by atoms with van der Waals surface area (Å²) < 4.78 is 75.2. The minimum Gasteiger partial charge on any atom is -0.396 e. The van der Waals surface area contributed by atoms with E-state index in [0.717, 1.165) is 28.5 Å². The first-order valence-corrected chi connectivity index (χ1v) is 15.0. The highest BCUT2D eigenvalue weighted by molar-refractivity contribution is 7.99. The molecule has 1 aromatic heterocycles. The quantitative estimate of drug-likeness (QED) is 0.202. The average Bonchev–Trinajstić information content (AvgIpc) is 3.14. The van der Waals surface area contributed by atoms with Gasteiger partial charge in [-0.3, -0.25) is 9.47 Å². The third-order valence-corrected chi connectivity index (χ3v) is 10.0. The number of hydrogen-bond acceptors (Lipinski definition) is 8. The van der Waals surface area contributed by atoms with Crippen LogP contribution in [0.4, 0.5) is 27.8 Å². The Hall–Kier alpha value is -2.75. The molecule has 238 valence electrons. The van der Waals surface area contributed by atoms with Gasteiger partial charge in [-0.1, -0.05) is 18.2 Å². The van der Waals surface area contributed by atoms with Crippen molar-refractivity contribution in [3.63, 3.8) is 0 Å². The van der Waals surface area contributed by atoms with Gasteiger partial charge in [-0.25, -0.2) is 13.6 Å². The minimum atomic E-state index is -5.04. The van der Waals surface area contributed by atoms with E-state index in [1.165, 1.54) is 6.08 Å². The van der Waals surface area contributed by atoms with Crippen molar-refractivity contribution in [3.05, 3.63) is 63.6 Å². The third-order valence-electron chi connectivity index (χ3n) is 8.27. The smallest absolute Gasteiger partial charge is 0.396 e. The Labute approximate surface area is 258 Å². The van der Waals surface area contributed by atoms with E-state index < -0.39 is 70.1 Å². The Morgan fingerprint density at radius 1 is 1.16 bits per heavy atom. The van der Waals surface area contributed by atoms with Crippen LogP contribution in [0.5, 0.6) is 0 Å². The average molecular weight is 661 g/mol. The third kappa shape index (κ3) is 5.49. The van der Waals surface area contributed by atoms with Crippen LogP contribution in [0.2, 0.25) is 5.02 Å². The summed E-state index contributed by atoms with van der Waals surface area (Å²) in [6.07, 6.45) is -4.65. The monoisotopic (exact) mass is 660 g/mol. The van der Waals surface area contributed by atoms with Gasteiger partial charge in [-0.2, -0.15) is 18.2 Å². The van der Waals surface area contributed by atoms with Crippen LogP contribution in [0.25, 0.3) is 22.0 Å². The van der Waals surface area contributed by atoms with Gasteiger partial charge < -0.3 is 20.2 Å². The van der Waals surface area contributed by atoms with Crippen LogP contribution in [-0.2, 0) is 12.7 Å². The van der Waals surface area contributed by atoms with Crippen molar-refractivity contribution in [2.45, 2.75) is 49.8 Å². The molecule has 0 amide bonds. The second-order valence-electron chi connectivity index (χ2n) is 11.4. The molecule has 0 spiro atoms. The molecule has 15 heteroatoms. The van der Waals surface area contributed by atoms with Crippen LogP contribution < -0.4 is 10.6 Å². The highest BCUT2D eigenvalue weighted by Crippen LogP contribution is 2.50.